The number of hydrogen-bond donors (Lipinski definition) is 2. The minimum atomic E-state index is -0.974. The fourth-order valence-corrected chi connectivity index (χ4v) is 2.30. The van der Waals surface area contributed by atoms with Gasteiger partial charge in [-0.2, -0.15) is 0 Å². The predicted octanol–water partition coefficient (Wildman–Crippen LogP) is 2.90. The van der Waals surface area contributed by atoms with Gasteiger partial charge in [-0.15, -0.1) is 11.3 Å². The van der Waals surface area contributed by atoms with Crippen molar-refractivity contribution in [2.24, 2.45) is 5.92 Å². The molecule has 0 unspecified atom stereocenters. The van der Waals surface area contributed by atoms with Crippen LogP contribution in [-0.4, -0.2) is 17.0 Å². The lowest BCUT2D eigenvalue weighted by Gasteiger charge is -2.06. The summed E-state index contributed by atoms with van der Waals surface area (Å²) in [5, 5.41) is 13.3. The molecule has 1 aromatic rings. The average molecular weight is 281 g/mol. The molecule has 0 atom stereocenters. The molecule has 0 aliphatic rings. The van der Waals surface area contributed by atoms with Gasteiger partial charge in [-0.1, -0.05) is 13.8 Å². The normalized spacial score (nSPS) is 11.1. The fourth-order valence-electron chi connectivity index (χ4n) is 1.49. The number of amides is 1. The smallest absolute Gasteiger partial charge is 0.328 e. The van der Waals surface area contributed by atoms with Crippen LogP contribution in [0.2, 0.25) is 0 Å². The number of carboxylic acids is 1. The van der Waals surface area contributed by atoms with Crippen molar-refractivity contribution in [2.75, 3.05) is 0 Å². The van der Waals surface area contributed by atoms with E-state index < -0.39 is 5.97 Å². The standard InChI is InChI=1S/C14H19NO3S/c1-10(2)3-5-13(16)15-9-12-11(7-8-19-12)4-6-14(17)18/h4,6-8,10H,3,5,9H2,1-2H3,(H,15,16)(H,17,18). The van der Waals surface area contributed by atoms with Gasteiger partial charge in [0, 0.05) is 17.4 Å². The van der Waals surface area contributed by atoms with Crippen molar-refractivity contribution in [3.63, 3.8) is 0 Å². The van der Waals surface area contributed by atoms with Gasteiger partial charge in [0.05, 0.1) is 6.54 Å². The van der Waals surface area contributed by atoms with Crippen molar-refractivity contribution >= 4 is 29.3 Å². The maximum atomic E-state index is 11.6. The molecule has 0 radical (unpaired) electrons. The molecule has 104 valence electrons. The molecule has 0 saturated heterocycles. The number of carboxylic acid groups (broad SMARTS) is 1. The number of nitrogens with one attached hydrogen (secondary N) is 1. The van der Waals surface area contributed by atoms with E-state index in [0.717, 1.165) is 22.9 Å². The molecule has 1 rings (SSSR count). The number of hydrogen-bond acceptors (Lipinski definition) is 3. The zero-order valence-corrected chi connectivity index (χ0v) is 12.0. The quantitative estimate of drug-likeness (QED) is 0.755. The Morgan fingerprint density at radius 1 is 1.47 bits per heavy atom. The number of thiophene rings is 1. The van der Waals surface area contributed by atoms with Crippen LogP contribution < -0.4 is 5.32 Å². The van der Waals surface area contributed by atoms with Crippen molar-refractivity contribution in [1.82, 2.24) is 5.32 Å². The molecule has 0 bridgehead atoms. The zero-order chi connectivity index (χ0) is 14.3. The minimum absolute atomic E-state index is 0.0373. The molecular formula is C14H19NO3S. The lowest BCUT2D eigenvalue weighted by Crippen LogP contribution is -2.22. The molecule has 1 amide bonds. The third-order valence-corrected chi connectivity index (χ3v) is 3.52. The van der Waals surface area contributed by atoms with E-state index in [-0.39, 0.29) is 5.91 Å². The molecular weight excluding hydrogens is 262 g/mol. The summed E-state index contributed by atoms with van der Waals surface area (Å²) in [4.78, 5) is 23.0. The second kappa shape index (κ2) is 7.74. The van der Waals surface area contributed by atoms with E-state index in [1.165, 1.54) is 11.3 Å². The van der Waals surface area contributed by atoms with Gasteiger partial charge in [0.25, 0.3) is 0 Å². The predicted molar refractivity (Wildman–Crippen MR) is 76.9 cm³/mol. The molecule has 0 saturated carbocycles. The van der Waals surface area contributed by atoms with Crippen LogP contribution in [0, 0.1) is 5.92 Å². The maximum absolute atomic E-state index is 11.6. The van der Waals surface area contributed by atoms with Gasteiger partial charge in [-0.05, 0) is 35.4 Å². The Labute approximate surface area is 117 Å². The van der Waals surface area contributed by atoms with Crippen LogP contribution in [0.3, 0.4) is 0 Å². The zero-order valence-electron chi connectivity index (χ0n) is 11.2. The SMILES string of the molecule is CC(C)CCC(=O)NCc1sccc1C=CC(=O)O. The molecule has 0 aromatic carbocycles. The average Bonchev–Trinajstić information content (AvgIpc) is 2.78. The number of rotatable bonds is 7. The first-order chi connectivity index (χ1) is 8.99. The van der Waals surface area contributed by atoms with Gasteiger partial charge in [-0.3, -0.25) is 4.79 Å². The molecule has 0 spiro atoms. The van der Waals surface area contributed by atoms with Crippen LogP contribution in [0.25, 0.3) is 6.08 Å². The van der Waals surface area contributed by atoms with Crippen LogP contribution >= 0.6 is 11.3 Å². The lowest BCUT2D eigenvalue weighted by atomic mass is 10.1. The van der Waals surface area contributed by atoms with E-state index in [4.69, 9.17) is 5.11 Å². The largest absolute Gasteiger partial charge is 0.478 e. The van der Waals surface area contributed by atoms with E-state index in [9.17, 15) is 9.59 Å². The minimum Gasteiger partial charge on any atom is -0.478 e. The summed E-state index contributed by atoms with van der Waals surface area (Å²) in [6.07, 6.45) is 4.06. The van der Waals surface area contributed by atoms with Gasteiger partial charge in [0.2, 0.25) is 5.91 Å². The van der Waals surface area contributed by atoms with Crippen molar-refractivity contribution < 1.29 is 14.7 Å². The van der Waals surface area contributed by atoms with Crippen LogP contribution in [0.15, 0.2) is 17.5 Å². The Kier molecular flexibility index (Phi) is 6.29. The summed E-state index contributed by atoms with van der Waals surface area (Å²) in [6.45, 7) is 4.62. The van der Waals surface area contributed by atoms with E-state index in [1.807, 2.05) is 11.4 Å². The first kappa shape index (κ1) is 15.4. The van der Waals surface area contributed by atoms with Crippen LogP contribution in [0.4, 0.5) is 0 Å². The highest BCUT2D eigenvalue weighted by Gasteiger charge is 2.06. The van der Waals surface area contributed by atoms with E-state index in [2.05, 4.69) is 19.2 Å². The monoisotopic (exact) mass is 281 g/mol. The van der Waals surface area contributed by atoms with Gasteiger partial charge in [0.1, 0.15) is 0 Å². The van der Waals surface area contributed by atoms with E-state index in [0.29, 0.717) is 18.9 Å². The fraction of sp³-hybridized carbons (Fsp3) is 0.429. The van der Waals surface area contributed by atoms with E-state index in [1.54, 1.807) is 6.08 Å². The number of carbonyl (C=O) groups excluding carboxylic acids is 1. The summed E-state index contributed by atoms with van der Waals surface area (Å²) in [5.41, 5.74) is 0.844. The Bertz CT molecular complexity index is 463. The summed E-state index contributed by atoms with van der Waals surface area (Å²) in [7, 11) is 0. The molecule has 5 heteroatoms. The highest BCUT2D eigenvalue weighted by molar-refractivity contribution is 7.10. The molecule has 1 aromatic heterocycles. The third-order valence-electron chi connectivity index (χ3n) is 2.58. The van der Waals surface area contributed by atoms with Crippen LogP contribution in [0.5, 0.6) is 0 Å². The van der Waals surface area contributed by atoms with Gasteiger partial charge in [-0.25, -0.2) is 4.79 Å². The third kappa shape index (κ3) is 6.20. The van der Waals surface area contributed by atoms with Crippen molar-refractivity contribution in [1.29, 1.82) is 0 Å². The molecule has 2 N–H and O–H groups in total. The molecule has 0 aliphatic carbocycles. The Balaban J connectivity index is 2.47. The highest BCUT2D eigenvalue weighted by atomic mass is 32.1. The second-order valence-electron chi connectivity index (χ2n) is 4.68. The summed E-state index contributed by atoms with van der Waals surface area (Å²) < 4.78 is 0. The lowest BCUT2D eigenvalue weighted by molar-refractivity contribution is -0.131. The summed E-state index contributed by atoms with van der Waals surface area (Å²) >= 11 is 1.51. The maximum Gasteiger partial charge on any atom is 0.328 e. The van der Waals surface area contributed by atoms with Crippen molar-refractivity contribution in [3.05, 3.63) is 28.0 Å². The van der Waals surface area contributed by atoms with Gasteiger partial charge in [0.15, 0.2) is 0 Å². The highest BCUT2D eigenvalue weighted by Crippen LogP contribution is 2.18. The first-order valence-electron chi connectivity index (χ1n) is 6.23. The summed E-state index contributed by atoms with van der Waals surface area (Å²) in [6, 6.07) is 1.85. The van der Waals surface area contributed by atoms with Crippen LogP contribution in [0.1, 0.15) is 37.1 Å². The molecule has 0 aliphatic heterocycles. The van der Waals surface area contributed by atoms with Gasteiger partial charge >= 0.3 is 5.97 Å². The topological polar surface area (TPSA) is 66.4 Å². The molecule has 0 fully saturated rings. The summed E-state index contributed by atoms with van der Waals surface area (Å²) in [5.74, 6) is -0.421. The van der Waals surface area contributed by atoms with Crippen molar-refractivity contribution in [3.8, 4) is 0 Å². The second-order valence-corrected chi connectivity index (χ2v) is 5.68. The molecule has 1 heterocycles. The van der Waals surface area contributed by atoms with E-state index >= 15 is 0 Å². The molecule has 4 nitrogen and oxygen atoms in total. The van der Waals surface area contributed by atoms with Crippen LogP contribution in [-0.2, 0) is 16.1 Å². The Morgan fingerprint density at radius 3 is 2.84 bits per heavy atom. The number of aliphatic carboxylic acids is 1. The first-order valence-corrected chi connectivity index (χ1v) is 7.11. The Hall–Kier alpha value is -1.62. The van der Waals surface area contributed by atoms with Gasteiger partial charge < -0.3 is 10.4 Å². The molecule has 19 heavy (non-hydrogen) atoms. The van der Waals surface area contributed by atoms with Crippen molar-refractivity contribution in [2.45, 2.75) is 33.2 Å². The number of carbonyl (C=O) groups is 2. The Morgan fingerprint density at radius 2 is 2.21 bits per heavy atom.